The fraction of sp³-hybridized carbons (Fsp3) is 0.214. The molecule has 0 aliphatic carbocycles. The summed E-state index contributed by atoms with van der Waals surface area (Å²) in [7, 11) is 1.29. The molecule has 0 unspecified atom stereocenters. The molecule has 0 saturated heterocycles. The zero-order chi connectivity index (χ0) is 26.7. The maximum absolute atomic E-state index is 15.3. The Morgan fingerprint density at radius 3 is 2.19 bits per heavy atom. The van der Waals surface area contributed by atoms with Crippen LogP contribution >= 0.6 is 0 Å². The van der Waals surface area contributed by atoms with Gasteiger partial charge in [0.25, 0.3) is 5.56 Å². The number of rotatable bonds is 8. The van der Waals surface area contributed by atoms with Crippen LogP contribution in [-0.4, -0.2) is 22.3 Å². The fourth-order valence-corrected chi connectivity index (χ4v) is 4.38. The van der Waals surface area contributed by atoms with Gasteiger partial charge in [0.2, 0.25) is 0 Å². The summed E-state index contributed by atoms with van der Waals surface area (Å²) in [6.07, 6.45) is 0.366. The largest absolute Gasteiger partial charge is 0.494 e. The van der Waals surface area contributed by atoms with Gasteiger partial charge in [-0.15, -0.1) is 0 Å². The average Bonchev–Trinajstić information content (AvgIpc) is 2.87. The Balaban J connectivity index is 1.91. The highest BCUT2D eigenvalue weighted by Gasteiger charge is 2.24. The van der Waals surface area contributed by atoms with Crippen molar-refractivity contribution in [3.63, 3.8) is 0 Å². The highest BCUT2D eigenvalue weighted by atomic mass is 19.1. The van der Waals surface area contributed by atoms with Crippen LogP contribution < -0.4 is 21.7 Å². The summed E-state index contributed by atoms with van der Waals surface area (Å²) in [5.74, 6) is -2.59. The quantitative estimate of drug-likeness (QED) is 0.389. The van der Waals surface area contributed by atoms with Crippen molar-refractivity contribution in [3.05, 3.63) is 122 Å². The zero-order valence-electron chi connectivity index (χ0n) is 20.4. The highest BCUT2D eigenvalue weighted by molar-refractivity contribution is 5.67. The van der Waals surface area contributed by atoms with Gasteiger partial charge >= 0.3 is 5.69 Å². The Kier molecular flexibility index (Phi) is 7.63. The van der Waals surface area contributed by atoms with Crippen LogP contribution in [0.5, 0.6) is 5.75 Å². The Hall–Kier alpha value is -4.11. The Labute approximate surface area is 211 Å². The predicted octanol–water partition coefficient (Wildman–Crippen LogP) is 4.03. The molecule has 6 nitrogen and oxygen atoms in total. The molecule has 37 heavy (non-hydrogen) atoms. The number of halogens is 3. The first-order valence-corrected chi connectivity index (χ1v) is 11.6. The number of hydrogen-bond donors (Lipinski definition) is 1. The lowest BCUT2D eigenvalue weighted by molar-refractivity contribution is 0.387. The Bertz CT molecular complexity index is 1530. The zero-order valence-corrected chi connectivity index (χ0v) is 20.4. The van der Waals surface area contributed by atoms with Crippen molar-refractivity contribution in [1.29, 1.82) is 0 Å². The summed E-state index contributed by atoms with van der Waals surface area (Å²) in [5, 5.41) is 0. The van der Waals surface area contributed by atoms with E-state index in [4.69, 9.17) is 10.5 Å². The van der Waals surface area contributed by atoms with Gasteiger partial charge in [0.1, 0.15) is 11.6 Å². The van der Waals surface area contributed by atoms with Crippen LogP contribution in [0.1, 0.15) is 16.8 Å². The second-order valence-corrected chi connectivity index (χ2v) is 8.72. The third-order valence-corrected chi connectivity index (χ3v) is 6.28. The van der Waals surface area contributed by atoms with Crippen molar-refractivity contribution >= 4 is 0 Å². The Morgan fingerprint density at radius 1 is 0.892 bits per heavy atom. The lowest BCUT2D eigenvalue weighted by atomic mass is 10.0. The maximum atomic E-state index is 15.3. The van der Waals surface area contributed by atoms with E-state index in [9.17, 15) is 18.4 Å². The van der Waals surface area contributed by atoms with Crippen molar-refractivity contribution in [2.45, 2.75) is 32.5 Å². The van der Waals surface area contributed by atoms with Gasteiger partial charge in [-0.25, -0.2) is 18.0 Å². The third-order valence-electron chi connectivity index (χ3n) is 6.28. The SMILES string of the molecule is COc1cccc(-c2c(C)n(Cc3c(F)cccc3F)c(=O)n(C[C@H](N)Cc3ccccc3)c2=O)c1F. The van der Waals surface area contributed by atoms with Gasteiger partial charge in [0.05, 0.1) is 19.2 Å². The minimum Gasteiger partial charge on any atom is -0.494 e. The molecule has 3 aromatic carbocycles. The van der Waals surface area contributed by atoms with Crippen LogP contribution in [0.25, 0.3) is 11.1 Å². The van der Waals surface area contributed by atoms with Crippen LogP contribution in [0.4, 0.5) is 13.2 Å². The smallest absolute Gasteiger partial charge is 0.331 e. The second-order valence-electron chi connectivity index (χ2n) is 8.72. The lowest BCUT2D eigenvalue weighted by Gasteiger charge is -2.20. The van der Waals surface area contributed by atoms with Crippen molar-refractivity contribution in [2.75, 3.05) is 7.11 Å². The summed E-state index contributed by atoms with van der Waals surface area (Å²) in [5.41, 5.74) is 5.12. The van der Waals surface area contributed by atoms with E-state index < -0.39 is 41.3 Å². The molecule has 2 N–H and O–H groups in total. The van der Waals surface area contributed by atoms with E-state index in [1.54, 1.807) is 0 Å². The summed E-state index contributed by atoms with van der Waals surface area (Å²) in [4.78, 5) is 27.2. The minimum absolute atomic E-state index is 0.0534. The number of benzene rings is 3. The van der Waals surface area contributed by atoms with E-state index in [-0.39, 0.29) is 34.7 Å². The van der Waals surface area contributed by atoms with E-state index in [0.29, 0.717) is 6.42 Å². The van der Waals surface area contributed by atoms with Crippen molar-refractivity contribution in [3.8, 4) is 16.9 Å². The third kappa shape index (κ3) is 5.22. The molecule has 0 amide bonds. The predicted molar refractivity (Wildman–Crippen MR) is 135 cm³/mol. The standard InChI is InChI=1S/C28H26F3N3O3/c1-17-25(20-10-6-13-24(37-2)26(20)31)27(35)34(15-19(32)14-18-8-4-3-5-9-18)28(36)33(17)16-21-22(29)11-7-12-23(21)30/h3-13,19H,14-16,32H2,1-2H3/t19-/m1/s1. The van der Waals surface area contributed by atoms with Crippen LogP contribution in [0, 0.1) is 24.4 Å². The molecule has 1 heterocycles. The number of methoxy groups -OCH3 is 1. The van der Waals surface area contributed by atoms with Crippen molar-refractivity contribution in [2.24, 2.45) is 5.73 Å². The Morgan fingerprint density at radius 2 is 1.54 bits per heavy atom. The molecule has 1 aromatic heterocycles. The summed E-state index contributed by atoms with van der Waals surface area (Å²) in [6.45, 7) is 0.741. The topological polar surface area (TPSA) is 79.2 Å². The number of hydrogen-bond acceptors (Lipinski definition) is 4. The van der Waals surface area contributed by atoms with Gasteiger partial charge in [0.15, 0.2) is 11.6 Å². The van der Waals surface area contributed by atoms with Crippen LogP contribution in [0.3, 0.4) is 0 Å². The molecule has 192 valence electrons. The van der Waals surface area contributed by atoms with E-state index >= 15 is 4.39 Å². The van der Waals surface area contributed by atoms with E-state index in [0.717, 1.165) is 26.8 Å². The number of ether oxygens (including phenoxy) is 1. The van der Waals surface area contributed by atoms with Gasteiger partial charge in [-0.05, 0) is 37.1 Å². The summed E-state index contributed by atoms with van der Waals surface area (Å²) >= 11 is 0. The first kappa shape index (κ1) is 26.0. The summed E-state index contributed by atoms with van der Waals surface area (Å²) < 4.78 is 51.3. The molecular weight excluding hydrogens is 483 g/mol. The molecule has 4 aromatic rings. The fourth-order valence-electron chi connectivity index (χ4n) is 4.38. The monoisotopic (exact) mass is 509 g/mol. The molecule has 0 spiro atoms. The molecule has 0 bridgehead atoms. The normalized spacial score (nSPS) is 11.9. The van der Waals surface area contributed by atoms with Gasteiger partial charge < -0.3 is 10.5 Å². The average molecular weight is 510 g/mol. The van der Waals surface area contributed by atoms with E-state index in [1.165, 1.54) is 38.3 Å². The minimum atomic E-state index is -0.848. The second kappa shape index (κ2) is 10.9. The first-order valence-electron chi connectivity index (χ1n) is 11.6. The number of aromatic nitrogens is 2. The van der Waals surface area contributed by atoms with Gasteiger partial charge in [0, 0.05) is 29.4 Å². The van der Waals surface area contributed by atoms with Crippen LogP contribution in [0.15, 0.2) is 76.3 Å². The molecule has 0 fully saturated rings. The van der Waals surface area contributed by atoms with Crippen LogP contribution in [0.2, 0.25) is 0 Å². The highest BCUT2D eigenvalue weighted by Crippen LogP contribution is 2.29. The van der Waals surface area contributed by atoms with Gasteiger partial charge in [-0.2, -0.15) is 0 Å². The van der Waals surface area contributed by atoms with Crippen molar-refractivity contribution < 1.29 is 17.9 Å². The molecular formula is C28H26F3N3O3. The first-order chi connectivity index (χ1) is 17.7. The number of nitrogens with zero attached hydrogens (tertiary/aromatic N) is 2. The molecule has 0 aliphatic rings. The van der Waals surface area contributed by atoms with Crippen LogP contribution in [-0.2, 0) is 19.5 Å². The number of nitrogens with two attached hydrogens (primary N) is 1. The molecule has 9 heteroatoms. The maximum Gasteiger partial charge on any atom is 0.331 e. The summed E-state index contributed by atoms with van der Waals surface area (Å²) in [6, 6.07) is 16.3. The van der Waals surface area contributed by atoms with E-state index in [2.05, 4.69) is 0 Å². The lowest BCUT2D eigenvalue weighted by Crippen LogP contribution is -2.46. The molecule has 0 aliphatic heterocycles. The molecule has 4 rings (SSSR count). The van der Waals surface area contributed by atoms with Gasteiger partial charge in [-0.3, -0.25) is 13.9 Å². The molecule has 0 saturated carbocycles. The van der Waals surface area contributed by atoms with Crippen molar-refractivity contribution in [1.82, 2.24) is 9.13 Å². The van der Waals surface area contributed by atoms with E-state index in [1.807, 2.05) is 30.3 Å². The molecule has 1 atom stereocenters. The van der Waals surface area contributed by atoms with Gasteiger partial charge in [-0.1, -0.05) is 48.5 Å². The molecule has 0 radical (unpaired) electrons.